The smallest absolute Gasteiger partial charge is 0.306 e. The van der Waals surface area contributed by atoms with Gasteiger partial charge in [0.2, 0.25) is 0 Å². The maximum Gasteiger partial charge on any atom is 0.306 e. The Kier molecular flexibility index (Phi) is 3.31. The Hall–Kier alpha value is -1.51. The summed E-state index contributed by atoms with van der Waals surface area (Å²) in [6.07, 6.45) is 2.06. The van der Waals surface area contributed by atoms with Gasteiger partial charge < -0.3 is 10.5 Å². The van der Waals surface area contributed by atoms with E-state index < -0.39 is 0 Å². The van der Waals surface area contributed by atoms with Crippen LogP contribution in [0.25, 0.3) is 0 Å². The number of anilines is 1. The van der Waals surface area contributed by atoms with Gasteiger partial charge in [0.15, 0.2) is 0 Å². The normalized spacial score (nSPS) is 9.62. The molecule has 3 nitrogen and oxygen atoms in total. The highest BCUT2D eigenvalue weighted by atomic mass is 16.5. The molecule has 0 saturated heterocycles. The molecule has 2 N–H and O–H groups in total. The fraction of sp³-hybridized carbons (Fsp3) is 0.200. The van der Waals surface area contributed by atoms with Crippen LogP contribution in [0.1, 0.15) is 12.0 Å². The third-order valence-electron chi connectivity index (χ3n) is 1.64. The van der Waals surface area contributed by atoms with Crippen molar-refractivity contribution in [3.8, 4) is 0 Å². The topological polar surface area (TPSA) is 52.3 Å². The van der Waals surface area contributed by atoms with Crippen LogP contribution in [-0.4, -0.2) is 13.1 Å². The summed E-state index contributed by atoms with van der Waals surface area (Å²) in [5.74, 6) is -0.248. The van der Waals surface area contributed by atoms with E-state index in [0.717, 1.165) is 5.56 Å². The second-order valence-electron chi connectivity index (χ2n) is 2.65. The van der Waals surface area contributed by atoms with Crippen molar-refractivity contribution >= 4 is 11.7 Å². The zero-order chi connectivity index (χ0) is 9.68. The summed E-state index contributed by atoms with van der Waals surface area (Å²) < 4.78 is 4.50. The van der Waals surface area contributed by atoms with Crippen LogP contribution in [0.5, 0.6) is 0 Å². The number of rotatable bonds is 3. The molecule has 0 aliphatic heterocycles. The van der Waals surface area contributed by atoms with Gasteiger partial charge in [0.05, 0.1) is 13.5 Å². The molecule has 0 spiro atoms. The maximum atomic E-state index is 10.8. The van der Waals surface area contributed by atoms with Crippen LogP contribution < -0.4 is 5.73 Å². The van der Waals surface area contributed by atoms with E-state index in [4.69, 9.17) is 5.73 Å². The Morgan fingerprint density at radius 3 is 3.00 bits per heavy atom. The third kappa shape index (κ3) is 3.15. The van der Waals surface area contributed by atoms with Crippen molar-refractivity contribution in [2.45, 2.75) is 6.42 Å². The molecule has 0 amide bonds. The molecular formula is C10H12NO2. The molecule has 1 aromatic rings. The maximum absolute atomic E-state index is 10.8. The first-order valence-electron chi connectivity index (χ1n) is 3.98. The van der Waals surface area contributed by atoms with Crippen LogP contribution >= 0.6 is 0 Å². The van der Waals surface area contributed by atoms with Gasteiger partial charge in [0.1, 0.15) is 0 Å². The molecule has 1 rings (SSSR count). The molecule has 13 heavy (non-hydrogen) atoms. The van der Waals surface area contributed by atoms with Crippen LogP contribution in [-0.2, 0) is 9.53 Å². The van der Waals surface area contributed by atoms with Crippen molar-refractivity contribution in [3.63, 3.8) is 0 Å². The predicted molar refractivity (Wildman–Crippen MR) is 50.9 cm³/mol. The van der Waals surface area contributed by atoms with Crippen LogP contribution in [0, 0.1) is 6.42 Å². The first-order valence-corrected chi connectivity index (χ1v) is 3.98. The average Bonchev–Trinajstić information content (AvgIpc) is 2.14. The molecule has 0 fully saturated rings. The van der Waals surface area contributed by atoms with Crippen molar-refractivity contribution in [2.75, 3.05) is 12.8 Å². The van der Waals surface area contributed by atoms with Gasteiger partial charge in [-0.05, 0) is 17.7 Å². The summed E-state index contributed by atoms with van der Waals surface area (Å²) in [5, 5.41) is 0. The van der Waals surface area contributed by atoms with Crippen LogP contribution in [0.2, 0.25) is 0 Å². The average molecular weight is 178 g/mol. The molecule has 0 saturated carbocycles. The molecule has 3 heteroatoms. The number of nitrogen functional groups attached to an aromatic ring is 1. The van der Waals surface area contributed by atoms with E-state index in [0.29, 0.717) is 5.69 Å². The predicted octanol–water partition coefficient (Wildman–Crippen LogP) is 1.38. The van der Waals surface area contributed by atoms with Gasteiger partial charge in [-0.25, -0.2) is 0 Å². The van der Waals surface area contributed by atoms with E-state index in [9.17, 15) is 4.79 Å². The minimum Gasteiger partial charge on any atom is -0.469 e. The molecule has 1 aromatic carbocycles. The van der Waals surface area contributed by atoms with E-state index in [1.54, 1.807) is 12.5 Å². The van der Waals surface area contributed by atoms with Gasteiger partial charge in [0.25, 0.3) is 0 Å². The Morgan fingerprint density at radius 2 is 2.38 bits per heavy atom. The summed E-state index contributed by atoms with van der Waals surface area (Å²) in [6, 6.07) is 7.34. The number of hydrogen-bond donors (Lipinski definition) is 1. The minimum absolute atomic E-state index is 0.248. The largest absolute Gasteiger partial charge is 0.469 e. The number of hydrogen-bond acceptors (Lipinski definition) is 3. The Labute approximate surface area is 77.5 Å². The summed E-state index contributed by atoms with van der Waals surface area (Å²) >= 11 is 0. The highest BCUT2D eigenvalue weighted by molar-refractivity contribution is 5.71. The molecule has 0 aromatic heterocycles. The van der Waals surface area contributed by atoms with Gasteiger partial charge in [0, 0.05) is 12.1 Å². The lowest BCUT2D eigenvalue weighted by molar-refractivity contribution is -0.139. The molecule has 69 valence electrons. The van der Waals surface area contributed by atoms with Crippen molar-refractivity contribution in [2.24, 2.45) is 0 Å². The SMILES string of the molecule is COC(=O)C[CH]c1cccc(N)c1. The quantitative estimate of drug-likeness (QED) is 0.562. The van der Waals surface area contributed by atoms with E-state index in [2.05, 4.69) is 4.74 Å². The number of nitrogens with two attached hydrogens (primary N) is 1. The lowest BCUT2D eigenvalue weighted by Crippen LogP contribution is -2.00. The van der Waals surface area contributed by atoms with Gasteiger partial charge in [-0.2, -0.15) is 0 Å². The molecule has 0 aliphatic rings. The standard InChI is InChI=1S/C10H12NO2/c1-13-10(12)6-5-8-3-2-4-9(11)7-8/h2-5,7H,6,11H2,1H3. The Balaban J connectivity index is 2.50. The number of ether oxygens (including phenoxy) is 1. The number of carbonyl (C=O) groups is 1. The molecule has 1 radical (unpaired) electrons. The first kappa shape index (κ1) is 9.58. The molecular weight excluding hydrogens is 166 g/mol. The van der Waals surface area contributed by atoms with Gasteiger partial charge in [-0.1, -0.05) is 12.1 Å². The van der Waals surface area contributed by atoms with E-state index in [-0.39, 0.29) is 12.4 Å². The van der Waals surface area contributed by atoms with Crippen molar-refractivity contribution in [1.82, 2.24) is 0 Å². The minimum atomic E-state index is -0.248. The fourth-order valence-corrected chi connectivity index (χ4v) is 0.970. The van der Waals surface area contributed by atoms with E-state index in [1.807, 2.05) is 18.2 Å². The third-order valence-corrected chi connectivity index (χ3v) is 1.64. The Morgan fingerprint density at radius 1 is 1.62 bits per heavy atom. The number of methoxy groups -OCH3 is 1. The Bertz CT molecular complexity index is 297. The van der Waals surface area contributed by atoms with E-state index >= 15 is 0 Å². The number of carbonyl (C=O) groups excluding carboxylic acids is 1. The van der Waals surface area contributed by atoms with E-state index in [1.165, 1.54) is 7.11 Å². The summed E-state index contributed by atoms with van der Waals surface area (Å²) in [4.78, 5) is 10.8. The lowest BCUT2D eigenvalue weighted by Gasteiger charge is -2.00. The van der Waals surface area contributed by atoms with Gasteiger partial charge in [-0.15, -0.1) is 0 Å². The summed E-state index contributed by atoms with van der Waals surface area (Å²) in [5.41, 5.74) is 7.19. The lowest BCUT2D eigenvalue weighted by atomic mass is 10.1. The second kappa shape index (κ2) is 4.50. The molecule has 0 heterocycles. The highest BCUT2D eigenvalue weighted by Crippen LogP contribution is 2.10. The summed E-state index contributed by atoms with van der Waals surface area (Å²) in [6.45, 7) is 0. The van der Waals surface area contributed by atoms with Crippen LogP contribution in [0.15, 0.2) is 24.3 Å². The number of benzene rings is 1. The van der Waals surface area contributed by atoms with Gasteiger partial charge in [-0.3, -0.25) is 4.79 Å². The van der Waals surface area contributed by atoms with Crippen molar-refractivity contribution < 1.29 is 9.53 Å². The van der Waals surface area contributed by atoms with Crippen molar-refractivity contribution in [1.29, 1.82) is 0 Å². The van der Waals surface area contributed by atoms with Gasteiger partial charge >= 0.3 is 5.97 Å². The molecule has 0 bridgehead atoms. The first-order chi connectivity index (χ1) is 6.22. The van der Waals surface area contributed by atoms with Crippen LogP contribution in [0.3, 0.4) is 0 Å². The zero-order valence-corrected chi connectivity index (χ0v) is 7.49. The highest BCUT2D eigenvalue weighted by Gasteiger charge is 2.01. The molecule has 0 unspecified atom stereocenters. The van der Waals surface area contributed by atoms with Crippen LogP contribution in [0.4, 0.5) is 5.69 Å². The molecule has 0 aliphatic carbocycles. The second-order valence-corrected chi connectivity index (χ2v) is 2.65. The monoisotopic (exact) mass is 178 g/mol. The fourth-order valence-electron chi connectivity index (χ4n) is 0.970. The summed E-state index contributed by atoms with van der Waals surface area (Å²) in [7, 11) is 1.37. The van der Waals surface area contributed by atoms with Crippen molar-refractivity contribution in [3.05, 3.63) is 36.2 Å². The zero-order valence-electron chi connectivity index (χ0n) is 7.49. The molecule has 0 atom stereocenters. The number of esters is 1.